The zero-order chi connectivity index (χ0) is 41.2. The Morgan fingerprint density at radius 2 is 1.92 bits per heavy atom. The predicted molar refractivity (Wildman–Crippen MR) is 212 cm³/mol. The Kier molecular flexibility index (Phi) is 9.52. The number of imide groups is 1. The van der Waals surface area contributed by atoms with Crippen molar-refractivity contribution in [2.24, 2.45) is 7.05 Å². The number of para-hydroxylation sites is 1. The zero-order valence-corrected chi connectivity index (χ0v) is 32.5. The zero-order valence-electron chi connectivity index (χ0n) is 32.5. The number of alkyl halides is 2. The number of rotatable bonds is 10. The van der Waals surface area contributed by atoms with Crippen molar-refractivity contribution >= 4 is 45.9 Å². The van der Waals surface area contributed by atoms with Crippen molar-refractivity contribution in [3.8, 4) is 5.69 Å². The highest BCUT2D eigenvalue weighted by molar-refractivity contribution is 6.08. The molecule has 6 aromatic rings. The lowest BCUT2D eigenvalue weighted by Crippen LogP contribution is -2.44. The minimum absolute atomic E-state index is 0.119. The fourth-order valence-corrected chi connectivity index (χ4v) is 9.05. The van der Waals surface area contributed by atoms with E-state index in [-0.39, 0.29) is 53.9 Å². The fraction of sp³-hybridized carbons (Fsp3) is 0.390. The van der Waals surface area contributed by atoms with E-state index in [9.17, 15) is 28.0 Å². The van der Waals surface area contributed by atoms with Crippen LogP contribution in [0.3, 0.4) is 0 Å². The highest BCUT2D eigenvalue weighted by Crippen LogP contribution is 2.33. The summed E-state index contributed by atoms with van der Waals surface area (Å²) in [4.78, 5) is 60.6. The molecule has 19 heteroatoms. The molecule has 0 saturated carbocycles. The molecule has 2 bridgehead atoms. The van der Waals surface area contributed by atoms with Crippen LogP contribution in [0.2, 0.25) is 0 Å². The summed E-state index contributed by atoms with van der Waals surface area (Å²) in [7, 11) is 1.69. The van der Waals surface area contributed by atoms with Gasteiger partial charge in [0.2, 0.25) is 11.8 Å². The first-order valence-electron chi connectivity index (χ1n) is 20.0. The Balaban J connectivity index is 0.811. The average Bonchev–Trinajstić information content (AvgIpc) is 4.09. The number of ether oxygens (including phenoxy) is 2. The van der Waals surface area contributed by atoms with Crippen LogP contribution >= 0.6 is 0 Å². The lowest BCUT2D eigenvalue weighted by atomic mass is 10.0. The molecular formula is C41H41F2N11O6. The summed E-state index contributed by atoms with van der Waals surface area (Å²) in [6, 6.07) is 14.4. The number of aryl methyl sites for hydroxylation is 1. The van der Waals surface area contributed by atoms with Crippen LogP contribution in [0.4, 0.5) is 20.3 Å². The molecule has 4 fully saturated rings. The minimum atomic E-state index is -2.95. The van der Waals surface area contributed by atoms with Crippen molar-refractivity contribution in [3.63, 3.8) is 0 Å². The van der Waals surface area contributed by atoms with Gasteiger partial charge in [0.25, 0.3) is 12.3 Å². The first-order chi connectivity index (χ1) is 29.1. The second kappa shape index (κ2) is 15.1. The van der Waals surface area contributed by atoms with E-state index in [0.717, 1.165) is 23.1 Å². The Bertz CT molecular complexity index is 2720. The van der Waals surface area contributed by atoms with Crippen molar-refractivity contribution in [2.75, 3.05) is 43.1 Å². The van der Waals surface area contributed by atoms with Crippen molar-refractivity contribution in [2.45, 2.75) is 62.9 Å². The number of nitrogens with one attached hydrogen (secondary N) is 2. The Labute approximate surface area is 340 Å². The number of carbonyl (C=O) groups excluding carboxylic acids is 3. The van der Waals surface area contributed by atoms with Crippen molar-refractivity contribution < 1.29 is 32.6 Å². The molecule has 2 N–H and O–H groups in total. The van der Waals surface area contributed by atoms with E-state index >= 15 is 0 Å². The molecule has 17 nitrogen and oxygen atoms in total. The molecule has 1 unspecified atom stereocenters. The first-order valence-corrected chi connectivity index (χ1v) is 20.0. The van der Waals surface area contributed by atoms with Gasteiger partial charge in [-0.25, -0.2) is 27.8 Å². The number of carbonyl (C=O) groups is 3. The number of nitrogens with zero attached hydrogens (tertiary/aromatic N) is 9. The van der Waals surface area contributed by atoms with Gasteiger partial charge in [-0.05, 0) is 48.2 Å². The number of piperidine rings is 1. The third-order valence-electron chi connectivity index (χ3n) is 12.0. The number of benzene rings is 2. The number of halogens is 2. The van der Waals surface area contributed by atoms with E-state index in [4.69, 9.17) is 14.5 Å². The maximum atomic E-state index is 14.3. The number of hydrogen-bond acceptors (Lipinski definition) is 11. The van der Waals surface area contributed by atoms with Gasteiger partial charge in [0.05, 0.1) is 66.3 Å². The van der Waals surface area contributed by atoms with Crippen LogP contribution in [-0.4, -0.2) is 107 Å². The first kappa shape index (κ1) is 37.9. The molecule has 8 heterocycles. The van der Waals surface area contributed by atoms with Gasteiger partial charge in [-0.15, -0.1) is 0 Å². The van der Waals surface area contributed by atoms with Gasteiger partial charge >= 0.3 is 5.69 Å². The topological polar surface area (TPSA) is 175 Å². The van der Waals surface area contributed by atoms with Crippen LogP contribution in [-0.2, 0) is 39.1 Å². The lowest BCUT2D eigenvalue weighted by molar-refractivity contribution is -0.135. The number of anilines is 2. The maximum absolute atomic E-state index is 14.3. The molecule has 4 saturated heterocycles. The van der Waals surface area contributed by atoms with Crippen LogP contribution in [0.5, 0.6) is 0 Å². The van der Waals surface area contributed by atoms with E-state index in [0.29, 0.717) is 68.5 Å². The molecule has 0 radical (unpaired) electrons. The number of hydrogen-bond donors (Lipinski definition) is 2. The van der Waals surface area contributed by atoms with Crippen molar-refractivity contribution in [3.05, 3.63) is 100.0 Å². The van der Waals surface area contributed by atoms with Gasteiger partial charge < -0.3 is 19.7 Å². The molecule has 2 aromatic carbocycles. The van der Waals surface area contributed by atoms with Gasteiger partial charge in [-0.2, -0.15) is 10.2 Å². The van der Waals surface area contributed by atoms with Gasteiger partial charge in [-0.3, -0.25) is 33.7 Å². The van der Waals surface area contributed by atoms with E-state index < -0.39 is 30.0 Å². The van der Waals surface area contributed by atoms with Crippen LogP contribution < -0.4 is 21.2 Å². The molecule has 3 amide bonds. The third kappa shape index (κ3) is 6.81. The number of morpholine rings is 2. The highest BCUT2D eigenvalue weighted by atomic mass is 19.3. The fourth-order valence-electron chi connectivity index (χ4n) is 9.05. The molecule has 310 valence electrons. The van der Waals surface area contributed by atoms with E-state index in [2.05, 4.69) is 30.6 Å². The van der Waals surface area contributed by atoms with Gasteiger partial charge in [-0.1, -0.05) is 24.3 Å². The standard InChI is InChI=1S/C41H41F2N11O6/c1-49-36-24(3-2-4-31(36)54(41(49)58)32-9-10-34(55)47-40(32)57)15-27-19-50(13-14-59-27)18-23-5-7-25(8-6-23)53-21-30(35(48-53)37(42)43)45-39(56)29-17-44-52-12-11-33(46-38(29)52)51-20-28-16-26(51)22-60-28/h2-8,11-12,17,21,26-28,32,37H,9-10,13-16,18-20,22H2,1H3,(H,45,56)(H,47,55,57)/t26-,27+,28-,32?/m1/s1. The van der Waals surface area contributed by atoms with Gasteiger partial charge in [0, 0.05) is 52.3 Å². The summed E-state index contributed by atoms with van der Waals surface area (Å²) in [6.45, 7) is 3.78. The van der Waals surface area contributed by atoms with Crippen LogP contribution in [0.25, 0.3) is 22.4 Å². The molecule has 4 aromatic heterocycles. The monoisotopic (exact) mass is 821 g/mol. The molecule has 0 aliphatic carbocycles. The van der Waals surface area contributed by atoms with E-state index in [1.165, 1.54) is 26.2 Å². The van der Waals surface area contributed by atoms with Gasteiger partial charge in [0.1, 0.15) is 17.4 Å². The summed E-state index contributed by atoms with van der Waals surface area (Å²) < 4.78 is 46.3. The summed E-state index contributed by atoms with van der Waals surface area (Å²) in [5.41, 5.74) is 3.26. The number of aromatic nitrogens is 7. The van der Waals surface area contributed by atoms with Crippen LogP contribution in [0.1, 0.15) is 58.9 Å². The number of amides is 3. The van der Waals surface area contributed by atoms with E-state index in [1.54, 1.807) is 29.9 Å². The normalized spacial score (nSPS) is 22.1. The molecule has 0 spiro atoms. The molecule has 60 heavy (non-hydrogen) atoms. The third-order valence-corrected chi connectivity index (χ3v) is 12.0. The van der Waals surface area contributed by atoms with Crippen molar-refractivity contribution in [1.82, 2.24) is 43.7 Å². The van der Waals surface area contributed by atoms with Gasteiger partial charge in [0.15, 0.2) is 11.3 Å². The lowest BCUT2D eigenvalue weighted by Gasteiger charge is -2.33. The molecular weight excluding hydrogens is 781 g/mol. The smallest absolute Gasteiger partial charge is 0.329 e. The Hall–Kier alpha value is -6.31. The molecule has 4 aliphatic rings. The summed E-state index contributed by atoms with van der Waals surface area (Å²) in [5.74, 6) is -0.747. The Morgan fingerprint density at radius 3 is 2.68 bits per heavy atom. The van der Waals surface area contributed by atoms with Crippen LogP contribution in [0, 0.1) is 0 Å². The number of fused-ring (bicyclic) bond motifs is 4. The molecule has 4 atom stereocenters. The second-order valence-electron chi connectivity index (χ2n) is 15.8. The van der Waals surface area contributed by atoms with E-state index in [1.807, 2.05) is 36.4 Å². The molecule has 10 rings (SSSR count). The largest absolute Gasteiger partial charge is 0.375 e. The SMILES string of the molecule is Cn1c(=O)n(C2CCC(=O)NC2=O)c2cccc(C[C@H]3CN(Cc4ccc(-n5cc(NC(=O)c6cnn7ccc(N8C[C@H]9C[C@@H]8CO9)nc67)c(C(F)F)n5)cc4)CCO3)c21. The van der Waals surface area contributed by atoms with Crippen molar-refractivity contribution in [1.29, 1.82) is 0 Å². The summed E-state index contributed by atoms with van der Waals surface area (Å²) in [6.07, 6.45) is 3.41. The minimum Gasteiger partial charge on any atom is -0.375 e. The summed E-state index contributed by atoms with van der Waals surface area (Å²) in [5, 5.41) is 13.4. The number of imidazole rings is 1. The molecule has 4 aliphatic heterocycles. The average molecular weight is 822 g/mol. The quantitative estimate of drug-likeness (QED) is 0.194. The maximum Gasteiger partial charge on any atom is 0.329 e. The summed E-state index contributed by atoms with van der Waals surface area (Å²) >= 11 is 0. The Morgan fingerprint density at radius 1 is 1.07 bits per heavy atom. The second-order valence-corrected chi connectivity index (χ2v) is 15.8. The highest BCUT2D eigenvalue weighted by Gasteiger charge is 2.40. The van der Waals surface area contributed by atoms with Crippen LogP contribution in [0.15, 0.2) is 71.9 Å². The predicted octanol–water partition coefficient (Wildman–Crippen LogP) is 3.16.